The topological polar surface area (TPSA) is 58.9 Å². The van der Waals surface area contributed by atoms with Crippen molar-refractivity contribution in [2.45, 2.75) is 0 Å². The number of rotatable bonds is 0. The van der Waals surface area contributed by atoms with Crippen molar-refractivity contribution in [2.75, 3.05) is 0 Å². The van der Waals surface area contributed by atoms with Crippen LogP contribution in [0.5, 0.6) is 0 Å². The van der Waals surface area contributed by atoms with Gasteiger partial charge in [-0.3, -0.25) is 9.59 Å². The summed E-state index contributed by atoms with van der Waals surface area (Å²) in [6, 6.07) is 7.08. The number of Topliss-reactive ketones (excluding diaryl/α,β-unsaturated/α-hetero) is 2. The zero-order valence-electron chi connectivity index (χ0n) is 10.5. The van der Waals surface area contributed by atoms with Gasteiger partial charge >= 0.3 is 0 Å². The number of benzene rings is 1. The smallest absolute Gasteiger partial charge is 0.183 e. The molecule has 2 aliphatic heterocycles. The first kappa shape index (κ1) is 11.2. The number of para-hydroxylation sites is 1. The summed E-state index contributed by atoms with van der Waals surface area (Å²) in [4.78, 5) is 33.9. The molecule has 0 spiro atoms. The van der Waals surface area contributed by atoms with Crippen molar-refractivity contribution in [3.63, 3.8) is 0 Å². The highest BCUT2D eigenvalue weighted by atomic mass is 16.2. The largest absolute Gasteiger partial charge is 0.297 e. The predicted octanol–water partition coefficient (Wildman–Crippen LogP) is 2.29. The Kier molecular flexibility index (Phi) is 2.21. The van der Waals surface area contributed by atoms with Gasteiger partial charge in [0.15, 0.2) is 11.6 Å². The van der Waals surface area contributed by atoms with E-state index in [-0.39, 0.29) is 11.6 Å². The Balaban J connectivity index is 1.94. The van der Waals surface area contributed by atoms with Gasteiger partial charge in [-0.05, 0) is 18.2 Å². The summed E-state index contributed by atoms with van der Waals surface area (Å²) in [6.45, 7) is 0. The van der Waals surface area contributed by atoms with Crippen LogP contribution in [-0.2, 0) is 4.79 Å². The summed E-state index contributed by atoms with van der Waals surface area (Å²) < 4.78 is 0. The van der Waals surface area contributed by atoms with E-state index in [4.69, 9.17) is 0 Å². The second-order valence-electron chi connectivity index (χ2n) is 4.95. The van der Waals surface area contributed by atoms with Crippen LogP contribution in [0.25, 0.3) is 0 Å². The van der Waals surface area contributed by atoms with Crippen LogP contribution < -0.4 is 0 Å². The lowest BCUT2D eigenvalue weighted by Gasteiger charge is -2.28. The molecular formula is C16H10N2O2. The molecule has 0 saturated carbocycles. The molecule has 1 aromatic carbocycles. The quantitative estimate of drug-likeness (QED) is 0.673. The minimum absolute atomic E-state index is 0.131. The lowest BCUT2D eigenvalue weighted by Crippen LogP contribution is -2.43. The van der Waals surface area contributed by atoms with E-state index in [1.165, 1.54) is 0 Å². The molecule has 0 bridgehead atoms. The molecule has 0 radical (unpaired) electrons. The average Bonchev–Trinajstić information content (AvgIpc) is 2.47. The van der Waals surface area contributed by atoms with E-state index in [1.807, 2.05) is 18.2 Å². The zero-order valence-corrected chi connectivity index (χ0v) is 10.5. The van der Waals surface area contributed by atoms with Crippen LogP contribution in [0.2, 0.25) is 0 Å². The SMILES string of the molecule is O=C1c2ccccc2N=C2N=C3C=CC=CC3C(=O)C12. The van der Waals surface area contributed by atoms with Gasteiger partial charge < -0.3 is 0 Å². The van der Waals surface area contributed by atoms with E-state index < -0.39 is 11.8 Å². The van der Waals surface area contributed by atoms with E-state index in [9.17, 15) is 9.59 Å². The molecule has 4 heteroatoms. The third-order valence-electron chi connectivity index (χ3n) is 3.76. The summed E-state index contributed by atoms with van der Waals surface area (Å²) in [7, 11) is 0. The maximum absolute atomic E-state index is 12.5. The van der Waals surface area contributed by atoms with Gasteiger partial charge in [0, 0.05) is 5.56 Å². The third-order valence-corrected chi connectivity index (χ3v) is 3.76. The fourth-order valence-corrected chi connectivity index (χ4v) is 2.78. The minimum atomic E-state index is -0.852. The van der Waals surface area contributed by atoms with Crippen molar-refractivity contribution in [1.29, 1.82) is 0 Å². The highest BCUT2D eigenvalue weighted by Crippen LogP contribution is 2.34. The van der Waals surface area contributed by atoms with Gasteiger partial charge in [-0.1, -0.05) is 30.4 Å². The van der Waals surface area contributed by atoms with Crippen molar-refractivity contribution in [3.05, 3.63) is 54.1 Å². The lowest BCUT2D eigenvalue weighted by atomic mass is 9.78. The molecule has 4 rings (SSSR count). The van der Waals surface area contributed by atoms with Gasteiger partial charge in [0.05, 0.1) is 17.3 Å². The molecule has 1 aromatic rings. The molecule has 0 saturated heterocycles. The Bertz CT molecular complexity index is 768. The Labute approximate surface area is 115 Å². The van der Waals surface area contributed by atoms with Crippen molar-refractivity contribution in [1.82, 2.24) is 0 Å². The van der Waals surface area contributed by atoms with Gasteiger partial charge in [-0.15, -0.1) is 0 Å². The van der Waals surface area contributed by atoms with Crippen LogP contribution in [-0.4, -0.2) is 23.1 Å². The molecule has 0 fully saturated rings. The van der Waals surface area contributed by atoms with Crippen LogP contribution in [0, 0.1) is 11.8 Å². The molecule has 2 heterocycles. The number of ketones is 2. The molecule has 96 valence electrons. The summed E-state index contributed by atoms with van der Waals surface area (Å²) in [5.41, 5.74) is 1.76. The highest BCUT2D eigenvalue weighted by Gasteiger charge is 2.43. The Hall–Kier alpha value is -2.62. The molecule has 0 aromatic heterocycles. The van der Waals surface area contributed by atoms with Crippen LogP contribution in [0.3, 0.4) is 0 Å². The Morgan fingerprint density at radius 1 is 1.00 bits per heavy atom. The maximum atomic E-state index is 12.5. The monoisotopic (exact) mass is 262 g/mol. The minimum Gasteiger partial charge on any atom is -0.297 e. The first-order valence-electron chi connectivity index (χ1n) is 6.45. The van der Waals surface area contributed by atoms with E-state index in [0.717, 1.165) is 0 Å². The fraction of sp³-hybridized carbons (Fsp3) is 0.125. The van der Waals surface area contributed by atoms with Crippen molar-refractivity contribution >= 4 is 28.8 Å². The number of carbonyl (C=O) groups is 2. The lowest BCUT2D eigenvalue weighted by molar-refractivity contribution is -0.120. The second kappa shape index (κ2) is 3.93. The molecule has 2 atom stereocenters. The van der Waals surface area contributed by atoms with E-state index in [0.29, 0.717) is 22.8 Å². The van der Waals surface area contributed by atoms with Crippen molar-refractivity contribution in [3.8, 4) is 0 Å². The average molecular weight is 262 g/mol. The molecular weight excluding hydrogens is 252 g/mol. The van der Waals surface area contributed by atoms with Crippen molar-refractivity contribution < 1.29 is 9.59 Å². The number of nitrogens with zero attached hydrogens (tertiary/aromatic N) is 2. The number of hydrogen-bond donors (Lipinski definition) is 0. The maximum Gasteiger partial charge on any atom is 0.183 e. The number of allylic oxidation sites excluding steroid dienone is 4. The Morgan fingerprint density at radius 3 is 2.75 bits per heavy atom. The summed E-state index contributed by atoms with van der Waals surface area (Å²) >= 11 is 0. The van der Waals surface area contributed by atoms with Crippen LogP contribution in [0.4, 0.5) is 5.69 Å². The molecule has 20 heavy (non-hydrogen) atoms. The number of amidine groups is 1. The van der Waals surface area contributed by atoms with E-state index >= 15 is 0 Å². The van der Waals surface area contributed by atoms with Gasteiger partial charge in [0.2, 0.25) is 0 Å². The van der Waals surface area contributed by atoms with Gasteiger partial charge in [-0.2, -0.15) is 0 Å². The molecule has 0 N–H and O–H groups in total. The predicted molar refractivity (Wildman–Crippen MR) is 75.6 cm³/mol. The zero-order chi connectivity index (χ0) is 13.7. The van der Waals surface area contributed by atoms with Gasteiger partial charge in [-0.25, -0.2) is 9.98 Å². The number of carbonyl (C=O) groups excluding carboxylic acids is 2. The number of fused-ring (bicyclic) bond motifs is 3. The van der Waals surface area contributed by atoms with Crippen molar-refractivity contribution in [2.24, 2.45) is 21.8 Å². The molecule has 3 aliphatic rings. The standard InChI is InChI=1S/C16H10N2O2/c19-14-9-5-1-3-7-11(9)17-16-13(14)15(20)10-6-2-4-8-12(10)18-16/h1-9,13H. The first-order valence-corrected chi connectivity index (χ1v) is 6.45. The van der Waals surface area contributed by atoms with Crippen LogP contribution in [0.15, 0.2) is 58.6 Å². The number of aliphatic imine (C=N–C) groups is 2. The van der Waals surface area contributed by atoms with Gasteiger partial charge in [0.1, 0.15) is 11.8 Å². The fourth-order valence-electron chi connectivity index (χ4n) is 2.78. The second-order valence-corrected chi connectivity index (χ2v) is 4.95. The number of hydrogen-bond acceptors (Lipinski definition) is 4. The normalized spacial score (nSPS) is 26.4. The van der Waals surface area contributed by atoms with Gasteiger partial charge in [0.25, 0.3) is 0 Å². The van der Waals surface area contributed by atoms with E-state index in [1.54, 1.807) is 30.4 Å². The third kappa shape index (κ3) is 1.42. The highest BCUT2D eigenvalue weighted by molar-refractivity contribution is 6.37. The molecule has 2 unspecified atom stereocenters. The summed E-state index contributed by atoms with van der Waals surface area (Å²) in [6.07, 6.45) is 7.23. The first-order chi connectivity index (χ1) is 9.75. The van der Waals surface area contributed by atoms with Crippen LogP contribution in [0.1, 0.15) is 10.4 Å². The summed E-state index contributed by atoms with van der Waals surface area (Å²) in [5, 5.41) is 0. The van der Waals surface area contributed by atoms with E-state index in [2.05, 4.69) is 9.98 Å². The molecule has 1 aliphatic carbocycles. The van der Waals surface area contributed by atoms with Crippen LogP contribution >= 0.6 is 0 Å². The molecule has 0 amide bonds. The Morgan fingerprint density at radius 2 is 1.85 bits per heavy atom. The molecule has 4 nitrogen and oxygen atoms in total. The summed E-state index contributed by atoms with van der Waals surface area (Å²) in [5.74, 6) is -1.27.